The summed E-state index contributed by atoms with van der Waals surface area (Å²) in [6.45, 7) is 5.68. The average molecular weight is 235 g/mol. The zero-order chi connectivity index (χ0) is 13.1. The second-order valence-corrected chi connectivity index (χ2v) is 5.27. The summed E-state index contributed by atoms with van der Waals surface area (Å²) < 4.78 is 5.08. The lowest BCUT2D eigenvalue weighted by Gasteiger charge is -2.21. The van der Waals surface area contributed by atoms with Gasteiger partial charge in [-0.3, -0.25) is 4.79 Å². The van der Waals surface area contributed by atoms with Crippen LogP contribution in [-0.2, 0) is 11.2 Å². The van der Waals surface area contributed by atoms with Gasteiger partial charge in [-0.05, 0) is 24.1 Å². The zero-order valence-corrected chi connectivity index (χ0v) is 11.0. The predicted octanol–water partition coefficient (Wildman–Crippen LogP) is 2.18. The highest BCUT2D eigenvalue weighted by Gasteiger charge is 2.26. The van der Waals surface area contributed by atoms with Crippen LogP contribution in [0.1, 0.15) is 26.3 Å². The first-order chi connectivity index (χ1) is 7.84. The molecule has 0 spiro atoms. The number of hydrogen-bond donors (Lipinski definition) is 1. The summed E-state index contributed by atoms with van der Waals surface area (Å²) in [5.41, 5.74) is 6.59. The number of ether oxygens (including phenoxy) is 1. The summed E-state index contributed by atoms with van der Waals surface area (Å²) >= 11 is 0. The van der Waals surface area contributed by atoms with Crippen molar-refractivity contribution >= 4 is 5.78 Å². The van der Waals surface area contributed by atoms with Crippen molar-refractivity contribution in [1.29, 1.82) is 0 Å². The van der Waals surface area contributed by atoms with E-state index in [4.69, 9.17) is 10.5 Å². The Morgan fingerprint density at radius 1 is 1.29 bits per heavy atom. The van der Waals surface area contributed by atoms with Crippen LogP contribution >= 0.6 is 0 Å². The summed E-state index contributed by atoms with van der Waals surface area (Å²) in [7, 11) is 1.63. The first-order valence-electron chi connectivity index (χ1n) is 5.77. The van der Waals surface area contributed by atoms with Crippen molar-refractivity contribution in [3.05, 3.63) is 29.8 Å². The van der Waals surface area contributed by atoms with Gasteiger partial charge in [0.2, 0.25) is 0 Å². The largest absolute Gasteiger partial charge is 0.497 e. The number of Topliss-reactive ketones (excluding diaryl/α,β-unsaturated/α-hetero) is 1. The standard InChI is InChI=1S/C14H21NO2/c1-14(2,3)13(16)12(15)9-10-5-7-11(17-4)8-6-10/h5-8,12H,9,15H2,1-4H3. The van der Waals surface area contributed by atoms with E-state index in [9.17, 15) is 4.79 Å². The number of nitrogens with two attached hydrogens (primary N) is 1. The van der Waals surface area contributed by atoms with Crippen LogP contribution in [0.25, 0.3) is 0 Å². The van der Waals surface area contributed by atoms with E-state index in [1.807, 2.05) is 45.0 Å². The number of rotatable bonds is 4. The third-order valence-corrected chi connectivity index (χ3v) is 2.69. The predicted molar refractivity (Wildman–Crippen MR) is 69.1 cm³/mol. The summed E-state index contributed by atoms with van der Waals surface area (Å²) in [6, 6.07) is 7.19. The normalized spacial score (nSPS) is 13.2. The molecule has 3 heteroatoms. The van der Waals surface area contributed by atoms with Crippen molar-refractivity contribution in [1.82, 2.24) is 0 Å². The molecule has 0 amide bonds. The Morgan fingerprint density at radius 3 is 2.24 bits per heavy atom. The van der Waals surface area contributed by atoms with E-state index in [1.165, 1.54) is 0 Å². The van der Waals surface area contributed by atoms with Gasteiger partial charge in [-0.2, -0.15) is 0 Å². The van der Waals surface area contributed by atoms with Gasteiger partial charge in [0.15, 0.2) is 5.78 Å². The number of benzene rings is 1. The van der Waals surface area contributed by atoms with Gasteiger partial charge in [-0.1, -0.05) is 32.9 Å². The highest BCUT2D eigenvalue weighted by molar-refractivity contribution is 5.88. The molecule has 0 bridgehead atoms. The van der Waals surface area contributed by atoms with Crippen molar-refractivity contribution in [3.8, 4) is 5.75 Å². The van der Waals surface area contributed by atoms with Crippen LogP contribution in [0.5, 0.6) is 5.75 Å². The lowest BCUT2D eigenvalue weighted by atomic mass is 9.85. The maximum Gasteiger partial charge on any atom is 0.155 e. The monoisotopic (exact) mass is 235 g/mol. The SMILES string of the molecule is COc1ccc(CC(N)C(=O)C(C)(C)C)cc1. The maximum absolute atomic E-state index is 11.9. The van der Waals surface area contributed by atoms with Gasteiger partial charge < -0.3 is 10.5 Å². The van der Waals surface area contributed by atoms with Gasteiger partial charge in [0.1, 0.15) is 5.75 Å². The molecule has 2 N–H and O–H groups in total. The first kappa shape index (κ1) is 13.7. The lowest BCUT2D eigenvalue weighted by molar-refractivity contribution is -0.127. The minimum absolute atomic E-state index is 0.0910. The van der Waals surface area contributed by atoms with Gasteiger partial charge in [0.05, 0.1) is 13.2 Å². The molecule has 3 nitrogen and oxygen atoms in total. The molecule has 0 aliphatic heterocycles. The maximum atomic E-state index is 11.9. The zero-order valence-electron chi connectivity index (χ0n) is 11.0. The van der Waals surface area contributed by atoms with Crippen LogP contribution in [0, 0.1) is 5.41 Å². The van der Waals surface area contributed by atoms with Gasteiger partial charge in [-0.25, -0.2) is 0 Å². The highest BCUT2D eigenvalue weighted by atomic mass is 16.5. The van der Waals surface area contributed by atoms with Crippen molar-refractivity contribution in [2.75, 3.05) is 7.11 Å². The smallest absolute Gasteiger partial charge is 0.155 e. The summed E-state index contributed by atoms with van der Waals surface area (Å²) in [6.07, 6.45) is 0.570. The molecule has 0 saturated heterocycles. The van der Waals surface area contributed by atoms with Crippen LogP contribution in [0.4, 0.5) is 0 Å². The minimum atomic E-state index is -0.441. The fraction of sp³-hybridized carbons (Fsp3) is 0.500. The molecule has 94 valence electrons. The van der Waals surface area contributed by atoms with Crippen LogP contribution in [0.15, 0.2) is 24.3 Å². The molecule has 0 radical (unpaired) electrons. The van der Waals surface area contributed by atoms with E-state index < -0.39 is 6.04 Å². The van der Waals surface area contributed by atoms with E-state index in [2.05, 4.69) is 0 Å². The third-order valence-electron chi connectivity index (χ3n) is 2.69. The van der Waals surface area contributed by atoms with Crippen LogP contribution in [0.2, 0.25) is 0 Å². The summed E-state index contributed by atoms with van der Waals surface area (Å²) in [5.74, 6) is 0.901. The highest BCUT2D eigenvalue weighted by Crippen LogP contribution is 2.19. The molecule has 1 atom stereocenters. The molecule has 0 aliphatic rings. The molecule has 1 rings (SSSR count). The third kappa shape index (κ3) is 3.86. The Bertz CT molecular complexity index is 376. The number of ketones is 1. The second-order valence-electron chi connectivity index (χ2n) is 5.27. The van der Waals surface area contributed by atoms with E-state index in [-0.39, 0.29) is 11.2 Å². The van der Waals surface area contributed by atoms with E-state index >= 15 is 0 Å². The number of hydrogen-bond acceptors (Lipinski definition) is 3. The Kier molecular flexibility index (Phi) is 4.29. The van der Waals surface area contributed by atoms with Crippen molar-refractivity contribution in [2.24, 2.45) is 11.1 Å². The molecule has 1 unspecified atom stereocenters. The number of methoxy groups -OCH3 is 1. The van der Waals surface area contributed by atoms with Crippen LogP contribution < -0.4 is 10.5 Å². The second kappa shape index (κ2) is 5.32. The van der Waals surface area contributed by atoms with Crippen molar-refractivity contribution < 1.29 is 9.53 Å². The van der Waals surface area contributed by atoms with Gasteiger partial charge in [-0.15, -0.1) is 0 Å². The Labute approximate surface area is 103 Å². The topological polar surface area (TPSA) is 52.3 Å². The van der Waals surface area contributed by atoms with Gasteiger partial charge in [0.25, 0.3) is 0 Å². The quantitative estimate of drug-likeness (QED) is 0.870. The van der Waals surface area contributed by atoms with Crippen LogP contribution in [0.3, 0.4) is 0 Å². The lowest BCUT2D eigenvalue weighted by Crippen LogP contribution is -2.40. The summed E-state index contributed by atoms with van der Waals surface area (Å²) in [4.78, 5) is 11.9. The van der Waals surface area contributed by atoms with E-state index in [0.29, 0.717) is 6.42 Å². The molecule has 0 fully saturated rings. The number of carbonyl (C=O) groups is 1. The molecular formula is C14H21NO2. The average Bonchev–Trinajstić information content (AvgIpc) is 2.27. The number of carbonyl (C=O) groups excluding carboxylic acids is 1. The van der Waals surface area contributed by atoms with E-state index in [1.54, 1.807) is 7.11 Å². The molecule has 0 aliphatic carbocycles. The molecule has 0 saturated carbocycles. The van der Waals surface area contributed by atoms with Gasteiger partial charge >= 0.3 is 0 Å². The van der Waals surface area contributed by atoms with Crippen molar-refractivity contribution in [2.45, 2.75) is 33.2 Å². The molecular weight excluding hydrogens is 214 g/mol. The van der Waals surface area contributed by atoms with Crippen molar-refractivity contribution in [3.63, 3.8) is 0 Å². The fourth-order valence-corrected chi connectivity index (χ4v) is 1.66. The molecule has 17 heavy (non-hydrogen) atoms. The first-order valence-corrected chi connectivity index (χ1v) is 5.77. The minimum Gasteiger partial charge on any atom is -0.497 e. The molecule has 1 aromatic rings. The Balaban J connectivity index is 2.68. The Hall–Kier alpha value is -1.35. The van der Waals surface area contributed by atoms with Crippen LogP contribution in [-0.4, -0.2) is 18.9 Å². The molecule has 0 aromatic heterocycles. The molecule has 1 aromatic carbocycles. The summed E-state index contributed by atoms with van der Waals surface area (Å²) in [5, 5.41) is 0. The molecule has 0 heterocycles. The van der Waals surface area contributed by atoms with E-state index in [0.717, 1.165) is 11.3 Å². The Morgan fingerprint density at radius 2 is 1.82 bits per heavy atom. The van der Waals surface area contributed by atoms with Gasteiger partial charge in [0, 0.05) is 5.41 Å². The fourth-order valence-electron chi connectivity index (χ4n) is 1.66.